The van der Waals surface area contributed by atoms with Gasteiger partial charge in [-0.25, -0.2) is 0 Å². The predicted molar refractivity (Wildman–Crippen MR) is 138 cm³/mol. The quantitative estimate of drug-likeness (QED) is 0.425. The Morgan fingerprint density at radius 1 is 1.00 bits per heavy atom. The van der Waals surface area contributed by atoms with Crippen molar-refractivity contribution in [1.29, 1.82) is 0 Å². The second-order valence-electron chi connectivity index (χ2n) is 8.30. The van der Waals surface area contributed by atoms with Crippen molar-refractivity contribution in [2.75, 3.05) is 25.0 Å². The summed E-state index contributed by atoms with van der Waals surface area (Å²) in [6, 6.07) is 14.2. The second-order valence-corrected chi connectivity index (χ2v) is 8.71. The van der Waals surface area contributed by atoms with E-state index in [0.29, 0.717) is 35.1 Å². The fourth-order valence-corrected chi connectivity index (χ4v) is 3.46. The number of nitrogens with zero attached hydrogens (tertiary/aromatic N) is 1. The first-order chi connectivity index (χ1) is 15.8. The van der Waals surface area contributed by atoms with E-state index in [0.717, 1.165) is 32.4 Å². The molecule has 0 aliphatic heterocycles. The Bertz CT molecular complexity index is 923. The zero-order chi connectivity index (χ0) is 24.2. The molecule has 2 aromatic rings. The molecule has 0 fully saturated rings. The van der Waals surface area contributed by atoms with E-state index in [2.05, 4.69) is 38.3 Å². The van der Waals surface area contributed by atoms with E-state index in [1.165, 1.54) is 0 Å². The maximum Gasteiger partial charge on any atom is 0.261 e. The number of nitrogens with one attached hydrogen (secondary N) is 2. The average molecular weight is 470 g/mol. The number of hydrogen-bond donors (Lipinski definition) is 2. The SMILES string of the molecule is CCCN(CCC)C(=O)c1ccc(NC(=S)NC(=O)c2ccccc2OCCC(C)C)cc1. The van der Waals surface area contributed by atoms with Crippen LogP contribution in [0.15, 0.2) is 48.5 Å². The molecular formula is C26H35N3O3S. The van der Waals surface area contributed by atoms with Crippen LogP contribution in [0.2, 0.25) is 0 Å². The number of thiocarbonyl (C=S) groups is 1. The normalized spacial score (nSPS) is 10.6. The smallest absolute Gasteiger partial charge is 0.261 e. The summed E-state index contributed by atoms with van der Waals surface area (Å²) in [5, 5.41) is 5.87. The predicted octanol–water partition coefficient (Wildman–Crippen LogP) is 5.50. The van der Waals surface area contributed by atoms with Crippen molar-refractivity contribution in [2.24, 2.45) is 5.92 Å². The molecule has 2 amide bonds. The lowest BCUT2D eigenvalue weighted by Crippen LogP contribution is -2.34. The van der Waals surface area contributed by atoms with Crippen LogP contribution in [-0.4, -0.2) is 41.5 Å². The number of benzene rings is 2. The molecule has 0 aliphatic carbocycles. The van der Waals surface area contributed by atoms with Crippen LogP contribution in [0.3, 0.4) is 0 Å². The molecule has 7 heteroatoms. The van der Waals surface area contributed by atoms with Crippen molar-refractivity contribution in [3.05, 3.63) is 59.7 Å². The van der Waals surface area contributed by atoms with Crippen molar-refractivity contribution >= 4 is 34.8 Å². The summed E-state index contributed by atoms with van der Waals surface area (Å²) in [4.78, 5) is 27.3. The van der Waals surface area contributed by atoms with Crippen molar-refractivity contribution in [1.82, 2.24) is 10.2 Å². The van der Waals surface area contributed by atoms with Crippen molar-refractivity contribution in [2.45, 2.75) is 47.0 Å². The molecule has 0 radical (unpaired) electrons. The van der Waals surface area contributed by atoms with E-state index < -0.39 is 0 Å². The lowest BCUT2D eigenvalue weighted by atomic mass is 10.1. The highest BCUT2D eigenvalue weighted by Gasteiger charge is 2.16. The van der Waals surface area contributed by atoms with Gasteiger partial charge in [0, 0.05) is 24.3 Å². The zero-order valence-corrected chi connectivity index (χ0v) is 20.8. The van der Waals surface area contributed by atoms with E-state index >= 15 is 0 Å². The molecule has 2 N–H and O–H groups in total. The Kier molecular flexibility index (Phi) is 10.8. The molecule has 0 aliphatic rings. The maximum absolute atomic E-state index is 12.7. The fraction of sp³-hybridized carbons (Fsp3) is 0.423. The average Bonchev–Trinajstić information content (AvgIpc) is 2.79. The molecule has 178 valence electrons. The number of hydrogen-bond acceptors (Lipinski definition) is 4. The molecule has 0 aromatic heterocycles. The fourth-order valence-electron chi connectivity index (χ4n) is 3.25. The Morgan fingerprint density at radius 2 is 1.64 bits per heavy atom. The first-order valence-corrected chi connectivity index (χ1v) is 12.0. The van der Waals surface area contributed by atoms with Gasteiger partial charge in [0.25, 0.3) is 11.8 Å². The highest BCUT2D eigenvalue weighted by Crippen LogP contribution is 2.19. The van der Waals surface area contributed by atoms with Gasteiger partial charge in [0.1, 0.15) is 5.75 Å². The first-order valence-electron chi connectivity index (χ1n) is 11.6. The summed E-state index contributed by atoms with van der Waals surface area (Å²) in [6.07, 6.45) is 2.75. The highest BCUT2D eigenvalue weighted by molar-refractivity contribution is 7.80. The van der Waals surface area contributed by atoms with E-state index in [1.807, 2.05) is 11.0 Å². The third-order valence-corrected chi connectivity index (χ3v) is 5.18. The van der Waals surface area contributed by atoms with Gasteiger partial charge in [-0.05, 0) is 73.8 Å². The van der Waals surface area contributed by atoms with E-state index in [1.54, 1.807) is 42.5 Å². The number of anilines is 1. The molecule has 33 heavy (non-hydrogen) atoms. The van der Waals surface area contributed by atoms with Crippen LogP contribution in [0.4, 0.5) is 5.69 Å². The number of rotatable bonds is 11. The van der Waals surface area contributed by atoms with Gasteiger partial charge in [-0.15, -0.1) is 0 Å². The molecule has 2 aromatic carbocycles. The van der Waals surface area contributed by atoms with Crippen molar-refractivity contribution in [3.63, 3.8) is 0 Å². The highest BCUT2D eigenvalue weighted by atomic mass is 32.1. The van der Waals surface area contributed by atoms with Gasteiger partial charge in [0.2, 0.25) is 0 Å². The molecule has 0 heterocycles. The molecule has 0 spiro atoms. The van der Waals surface area contributed by atoms with Gasteiger partial charge in [-0.2, -0.15) is 0 Å². The van der Waals surface area contributed by atoms with Gasteiger partial charge in [0.15, 0.2) is 5.11 Å². The first kappa shape index (κ1) is 26.3. The minimum atomic E-state index is -0.339. The minimum absolute atomic E-state index is 0.0233. The monoisotopic (exact) mass is 469 g/mol. The standard InChI is InChI=1S/C26H35N3O3S/c1-5-16-29(17-6-2)25(31)20-11-13-21(14-12-20)27-26(33)28-24(30)22-9-7-8-10-23(22)32-18-15-19(3)4/h7-14,19H,5-6,15-18H2,1-4H3,(H2,27,28,30,33). The Labute approximate surface area is 202 Å². The van der Waals surface area contributed by atoms with Gasteiger partial charge < -0.3 is 15.0 Å². The summed E-state index contributed by atoms with van der Waals surface area (Å²) in [5.41, 5.74) is 1.75. The van der Waals surface area contributed by atoms with E-state index in [9.17, 15) is 9.59 Å². The van der Waals surface area contributed by atoms with Crippen LogP contribution in [0.5, 0.6) is 5.75 Å². The summed E-state index contributed by atoms with van der Waals surface area (Å²) >= 11 is 5.31. The third kappa shape index (κ3) is 8.50. The molecule has 6 nitrogen and oxygen atoms in total. The number of carbonyl (C=O) groups excluding carboxylic acids is 2. The Balaban J connectivity index is 1.97. The number of ether oxygens (including phenoxy) is 1. The molecule has 0 unspecified atom stereocenters. The molecule has 0 bridgehead atoms. The summed E-state index contributed by atoms with van der Waals surface area (Å²) in [6.45, 7) is 10.4. The van der Waals surface area contributed by atoms with Crippen LogP contribution in [0.1, 0.15) is 67.7 Å². The molecular weight excluding hydrogens is 434 g/mol. The summed E-state index contributed by atoms with van der Waals surface area (Å²) in [5.74, 6) is 0.736. The lowest BCUT2D eigenvalue weighted by Gasteiger charge is -2.21. The van der Waals surface area contributed by atoms with Crippen molar-refractivity contribution in [3.8, 4) is 5.75 Å². The van der Waals surface area contributed by atoms with Crippen molar-refractivity contribution < 1.29 is 14.3 Å². The molecule has 0 saturated carbocycles. The van der Waals surface area contributed by atoms with E-state index in [4.69, 9.17) is 17.0 Å². The van der Waals surface area contributed by atoms with Crippen LogP contribution in [0, 0.1) is 5.92 Å². The molecule has 0 atom stereocenters. The van der Waals surface area contributed by atoms with Gasteiger partial charge >= 0.3 is 0 Å². The van der Waals surface area contributed by atoms with Gasteiger partial charge in [-0.3, -0.25) is 14.9 Å². The third-order valence-electron chi connectivity index (χ3n) is 4.98. The second kappa shape index (κ2) is 13.6. The lowest BCUT2D eigenvalue weighted by molar-refractivity contribution is 0.0755. The van der Waals surface area contributed by atoms with Gasteiger partial charge in [-0.1, -0.05) is 39.8 Å². The van der Waals surface area contributed by atoms with Crippen LogP contribution in [-0.2, 0) is 0 Å². The van der Waals surface area contributed by atoms with E-state index in [-0.39, 0.29) is 16.9 Å². The summed E-state index contributed by atoms with van der Waals surface area (Å²) in [7, 11) is 0. The zero-order valence-electron chi connectivity index (χ0n) is 20.0. The Morgan fingerprint density at radius 3 is 2.24 bits per heavy atom. The molecule has 0 saturated heterocycles. The van der Waals surface area contributed by atoms with Crippen LogP contribution >= 0.6 is 12.2 Å². The number of para-hydroxylation sites is 1. The molecule has 2 rings (SSSR count). The van der Waals surface area contributed by atoms with Crippen LogP contribution in [0.25, 0.3) is 0 Å². The summed E-state index contributed by atoms with van der Waals surface area (Å²) < 4.78 is 5.80. The van der Waals surface area contributed by atoms with Crippen LogP contribution < -0.4 is 15.4 Å². The minimum Gasteiger partial charge on any atom is -0.493 e. The Hall–Kier alpha value is -2.93. The van der Waals surface area contributed by atoms with Gasteiger partial charge in [0.05, 0.1) is 12.2 Å². The number of carbonyl (C=O) groups is 2. The maximum atomic E-state index is 12.7. The largest absolute Gasteiger partial charge is 0.493 e. The topological polar surface area (TPSA) is 70.7 Å². The number of amides is 2.